The number of methoxy groups -OCH3 is 1. The third-order valence-electron chi connectivity index (χ3n) is 6.67. The molecule has 0 aromatic rings. The lowest BCUT2D eigenvalue weighted by atomic mass is 9.54. The average Bonchev–Trinajstić information content (AvgIpc) is 2.51. The Labute approximate surface area is 143 Å². The largest absolute Gasteiger partial charge is 0.356 e. The standard InChI is InChI=1S/C21H38O2/c1-3-4-5-6-7-8-9-10-20(22-2)23-21-14-17-11-18(15-21)13-19(12-17)16-21/h17-20H,3-16H2,1-2H3. The van der Waals surface area contributed by atoms with Crippen molar-refractivity contribution in [3.8, 4) is 0 Å². The first-order valence-corrected chi connectivity index (χ1v) is 10.4. The van der Waals surface area contributed by atoms with Crippen LogP contribution in [0.1, 0.15) is 96.8 Å². The van der Waals surface area contributed by atoms with Crippen molar-refractivity contribution in [2.45, 2.75) is 109 Å². The number of ether oxygens (including phenoxy) is 2. The Morgan fingerprint density at radius 3 is 1.87 bits per heavy atom. The van der Waals surface area contributed by atoms with E-state index in [-0.39, 0.29) is 11.9 Å². The molecule has 4 aliphatic rings. The van der Waals surface area contributed by atoms with Crippen LogP contribution in [0.5, 0.6) is 0 Å². The summed E-state index contributed by atoms with van der Waals surface area (Å²) in [5, 5.41) is 0. The van der Waals surface area contributed by atoms with Gasteiger partial charge in [0.1, 0.15) is 0 Å². The van der Waals surface area contributed by atoms with Gasteiger partial charge in [-0.05, 0) is 69.1 Å². The quantitative estimate of drug-likeness (QED) is 0.339. The summed E-state index contributed by atoms with van der Waals surface area (Å²) in [7, 11) is 1.84. The molecule has 4 bridgehead atoms. The van der Waals surface area contributed by atoms with E-state index in [1.165, 1.54) is 83.5 Å². The Hall–Kier alpha value is -0.0800. The fourth-order valence-electron chi connectivity index (χ4n) is 5.95. The lowest BCUT2D eigenvalue weighted by Crippen LogP contribution is -2.53. The van der Waals surface area contributed by atoms with E-state index < -0.39 is 0 Å². The Bertz CT molecular complexity index is 316. The zero-order chi connectivity index (χ0) is 16.1. The van der Waals surface area contributed by atoms with E-state index in [2.05, 4.69) is 6.92 Å². The molecule has 0 aliphatic heterocycles. The molecule has 2 nitrogen and oxygen atoms in total. The van der Waals surface area contributed by atoms with Gasteiger partial charge in [-0.1, -0.05) is 45.4 Å². The van der Waals surface area contributed by atoms with Crippen LogP contribution in [0.4, 0.5) is 0 Å². The van der Waals surface area contributed by atoms with Crippen molar-refractivity contribution in [2.75, 3.05) is 7.11 Å². The molecule has 134 valence electrons. The van der Waals surface area contributed by atoms with Crippen molar-refractivity contribution in [3.63, 3.8) is 0 Å². The summed E-state index contributed by atoms with van der Waals surface area (Å²) in [4.78, 5) is 0. The minimum absolute atomic E-state index is 0.0434. The van der Waals surface area contributed by atoms with Gasteiger partial charge < -0.3 is 9.47 Å². The molecule has 0 saturated heterocycles. The van der Waals surface area contributed by atoms with E-state index in [0.29, 0.717) is 0 Å². The van der Waals surface area contributed by atoms with Crippen molar-refractivity contribution in [1.29, 1.82) is 0 Å². The molecule has 0 spiro atoms. The third kappa shape index (κ3) is 4.72. The van der Waals surface area contributed by atoms with Gasteiger partial charge in [0.25, 0.3) is 0 Å². The first-order valence-electron chi connectivity index (χ1n) is 10.4. The molecule has 23 heavy (non-hydrogen) atoms. The Kier molecular flexibility index (Phi) is 6.43. The van der Waals surface area contributed by atoms with Crippen LogP contribution >= 0.6 is 0 Å². The van der Waals surface area contributed by atoms with Crippen LogP contribution in [0.25, 0.3) is 0 Å². The molecule has 4 rings (SSSR count). The monoisotopic (exact) mass is 322 g/mol. The number of hydrogen-bond donors (Lipinski definition) is 0. The van der Waals surface area contributed by atoms with E-state index in [0.717, 1.165) is 24.2 Å². The molecule has 4 aliphatic carbocycles. The molecule has 4 saturated carbocycles. The highest BCUT2D eigenvalue weighted by atomic mass is 16.7. The van der Waals surface area contributed by atoms with Crippen molar-refractivity contribution in [3.05, 3.63) is 0 Å². The molecule has 0 N–H and O–H groups in total. The van der Waals surface area contributed by atoms with Crippen molar-refractivity contribution in [1.82, 2.24) is 0 Å². The number of rotatable bonds is 11. The molecule has 0 amide bonds. The van der Waals surface area contributed by atoms with Gasteiger partial charge in [-0.3, -0.25) is 0 Å². The highest BCUT2D eigenvalue weighted by Gasteiger charge is 2.52. The molecule has 1 atom stereocenters. The second-order valence-electron chi connectivity index (χ2n) is 8.79. The highest BCUT2D eigenvalue weighted by Crippen LogP contribution is 2.57. The molecule has 0 radical (unpaired) electrons. The molecule has 0 heterocycles. The summed E-state index contributed by atoms with van der Waals surface area (Å²) in [5.74, 6) is 2.87. The summed E-state index contributed by atoms with van der Waals surface area (Å²) in [5.41, 5.74) is 0.191. The van der Waals surface area contributed by atoms with Crippen LogP contribution in [0.3, 0.4) is 0 Å². The fraction of sp³-hybridized carbons (Fsp3) is 1.00. The topological polar surface area (TPSA) is 18.5 Å². The summed E-state index contributed by atoms with van der Waals surface area (Å²) in [6.45, 7) is 2.28. The second-order valence-corrected chi connectivity index (χ2v) is 8.79. The molecule has 2 heteroatoms. The normalized spacial score (nSPS) is 36.5. The van der Waals surface area contributed by atoms with Gasteiger partial charge in [-0.2, -0.15) is 0 Å². The summed E-state index contributed by atoms with van der Waals surface area (Å²) < 4.78 is 12.3. The van der Waals surface area contributed by atoms with Gasteiger partial charge in [0.2, 0.25) is 0 Å². The van der Waals surface area contributed by atoms with E-state index in [1.54, 1.807) is 0 Å². The van der Waals surface area contributed by atoms with E-state index >= 15 is 0 Å². The smallest absolute Gasteiger partial charge is 0.157 e. The average molecular weight is 323 g/mol. The lowest BCUT2D eigenvalue weighted by Gasteiger charge is -2.56. The summed E-state index contributed by atoms with van der Waals surface area (Å²) in [6, 6.07) is 0. The maximum Gasteiger partial charge on any atom is 0.157 e. The maximum atomic E-state index is 6.62. The molecular formula is C21H38O2. The molecular weight excluding hydrogens is 284 g/mol. The first-order chi connectivity index (χ1) is 11.2. The zero-order valence-electron chi connectivity index (χ0n) is 15.5. The molecule has 1 unspecified atom stereocenters. The van der Waals surface area contributed by atoms with Crippen LogP contribution in [-0.2, 0) is 9.47 Å². The molecule has 0 aromatic heterocycles. The van der Waals surface area contributed by atoms with Crippen LogP contribution in [0.15, 0.2) is 0 Å². The van der Waals surface area contributed by atoms with Gasteiger partial charge in [-0.25, -0.2) is 0 Å². The van der Waals surface area contributed by atoms with Gasteiger partial charge in [-0.15, -0.1) is 0 Å². The fourth-order valence-corrected chi connectivity index (χ4v) is 5.95. The summed E-state index contributed by atoms with van der Waals surface area (Å²) >= 11 is 0. The van der Waals surface area contributed by atoms with Crippen LogP contribution in [0.2, 0.25) is 0 Å². The maximum absolute atomic E-state index is 6.62. The van der Waals surface area contributed by atoms with E-state index in [9.17, 15) is 0 Å². The van der Waals surface area contributed by atoms with Gasteiger partial charge >= 0.3 is 0 Å². The summed E-state index contributed by atoms with van der Waals surface area (Å²) in [6.07, 6.45) is 19.1. The number of unbranched alkanes of at least 4 members (excludes halogenated alkanes) is 6. The highest BCUT2D eigenvalue weighted by molar-refractivity contribution is 5.03. The number of hydrogen-bond acceptors (Lipinski definition) is 2. The second kappa shape index (κ2) is 8.34. The van der Waals surface area contributed by atoms with Crippen molar-refractivity contribution in [2.24, 2.45) is 17.8 Å². The van der Waals surface area contributed by atoms with E-state index in [4.69, 9.17) is 9.47 Å². The third-order valence-corrected chi connectivity index (χ3v) is 6.67. The predicted octanol–water partition coefficient (Wildman–Crippen LogP) is 6.09. The minimum Gasteiger partial charge on any atom is -0.356 e. The van der Waals surface area contributed by atoms with Gasteiger partial charge in [0.15, 0.2) is 6.29 Å². The van der Waals surface area contributed by atoms with Crippen molar-refractivity contribution >= 4 is 0 Å². The lowest BCUT2D eigenvalue weighted by molar-refractivity contribution is -0.250. The van der Waals surface area contributed by atoms with Crippen molar-refractivity contribution < 1.29 is 9.47 Å². The van der Waals surface area contributed by atoms with Gasteiger partial charge in [0, 0.05) is 7.11 Å². The van der Waals surface area contributed by atoms with Gasteiger partial charge in [0.05, 0.1) is 5.60 Å². The Balaban J connectivity index is 1.38. The minimum atomic E-state index is 0.0434. The Morgan fingerprint density at radius 2 is 1.35 bits per heavy atom. The first kappa shape index (κ1) is 17.7. The zero-order valence-corrected chi connectivity index (χ0v) is 15.5. The SMILES string of the molecule is CCCCCCCCCC(OC)OC12CC3CC(CC(C3)C1)C2. The molecule has 0 aromatic carbocycles. The van der Waals surface area contributed by atoms with Crippen LogP contribution < -0.4 is 0 Å². The predicted molar refractivity (Wildman–Crippen MR) is 95.4 cm³/mol. The van der Waals surface area contributed by atoms with Crippen LogP contribution in [0, 0.1) is 17.8 Å². The molecule has 4 fully saturated rings. The van der Waals surface area contributed by atoms with E-state index in [1.807, 2.05) is 7.11 Å². The van der Waals surface area contributed by atoms with Crippen LogP contribution in [-0.4, -0.2) is 19.0 Å². The Morgan fingerprint density at radius 1 is 0.826 bits per heavy atom.